The number of nitrogens with one attached hydrogen (secondary N) is 1. The summed E-state index contributed by atoms with van der Waals surface area (Å²) < 4.78 is 1.40. The normalized spacial score (nSPS) is 11.1. The maximum Gasteiger partial charge on any atom is 0.271 e. The molecule has 1 heterocycles. The fourth-order valence-electron chi connectivity index (χ4n) is 2.17. The van der Waals surface area contributed by atoms with Gasteiger partial charge in [-0.05, 0) is 24.6 Å². The van der Waals surface area contributed by atoms with Gasteiger partial charge >= 0.3 is 0 Å². The lowest BCUT2D eigenvalue weighted by atomic mass is 10.0. The van der Waals surface area contributed by atoms with Gasteiger partial charge in [0.05, 0.1) is 5.69 Å². The third-order valence-corrected chi connectivity index (χ3v) is 3.38. The Bertz CT molecular complexity index is 642. The van der Waals surface area contributed by atoms with E-state index in [2.05, 4.69) is 48.5 Å². The first-order valence-corrected chi connectivity index (χ1v) is 6.85. The van der Waals surface area contributed by atoms with Crippen LogP contribution in [0.5, 0.6) is 0 Å². The van der Waals surface area contributed by atoms with E-state index in [1.807, 2.05) is 13.1 Å². The van der Waals surface area contributed by atoms with Crippen molar-refractivity contribution in [2.75, 3.05) is 7.05 Å². The molecule has 2 aromatic rings. The molecule has 0 aliphatic heterocycles. The van der Waals surface area contributed by atoms with E-state index in [4.69, 9.17) is 0 Å². The topological polar surface area (TPSA) is 46.9 Å². The van der Waals surface area contributed by atoms with Crippen molar-refractivity contribution in [1.29, 1.82) is 0 Å². The molecule has 4 nitrogen and oxygen atoms in total. The summed E-state index contributed by atoms with van der Waals surface area (Å²) in [7, 11) is 3.52. The molecule has 0 saturated heterocycles. The summed E-state index contributed by atoms with van der Waals surface area (Å²) >= 11 is 0. The summed E-state index contributed by atoms with van der Waals surface area (Å²) in [5, 5.41) is 7.35. The average molecular weight is 271 g/mol. The van der Waals surface area contributed by atoms with Crippen LogP contribution in [0.1, 0.15) is 30.9 Å². The first-order valence-electron chi connectivity index (χ1n) is 6.85. The Morgan fingerprint density at radius 1 is 1.25 bits per heavy atom. The van der Waals surface area contributed by atoms with Crippen LogP contribution in [0.2, 0.25) is 0 Å². The summed E-state index contributed by atoms with van der Waals surface area (Å²) in [5.41, 5.74) is 3.83. The Hall–Kier alpha value is -1.94. The van der Waals surface area contributed by atoms with Gasteiger partial charge in [-0.25, -0.2) is 4.68 Å². The molecular weight excluding hydrogens is 250 g/mol. The van der Waals surface area contributed by atoms with Crippen molar-refractivity contribution < 1.29 is 0 Å². The fraction of sp³-hybridized carbons (Fsp3) is 0.375. The molecule has 1 N–H and O–H groups in total. The number of benzene rings is 1. The summed E-state index contributed by atoms with van der Waals surface area (Å²) in [4.78, 5) is 11.9. The van der Waals surface area contributed by atoms with Crippen LogP contribution in [0, 0.1) is 0 Å². The number of hydrogen-bond acceptors (Lipinski definition) is 3. The molecule has 0 spiro atoms. The predicted octanol–water partition coefficient (Wildman–Crippen LogP) is 2.29. The van der Waals surface area contributed by atoms with Crippen LogP contribution in [0.15, 0.2) is 35.1 Å². The maximum absolute atomic E-state index is 11.9. The van der Waals surface area contributed by atoms with Gasteiger partial charge in [0.1, 0.15) is 0 Å². The quantitative estimate of drug-likeness (QED) is 0.928. The van der Waals surface area contributed by atoms with E-state index in [9.17, 15) is 4.79 Å². The predicted molar refractivity (Wildman–Crippen MR) is 81.8 cm³/mol. The van der Waals surface area contributed by atoms with E-state index in [1.165, 1.54) is 10.2 Å². The molecule has 106 valence electrons. The van der Waals surface area contributed by atoms with E-state index >= 15 is 0 Å². The molecule has 0 saturated carbocycles. The summed E-state index contributed by atoms with van der Waals surface area (Å²) in [6, 6.07) is 10.2. The molecule has 0 radical (unpaired) electrons. The molecule has 20 heavy (non-hydrogen) atoms. The fourth-order valence-corrected chi connectivity index (χ4v) is 2.17. The Morgan fingerprint density at radius 2 is 1.90 bits per heavy atom. The zero-order chi connectivity index (χ0) is 14.7. The molecular formula is C16H21N3O. The standard InChI is InChI=1S/C16H21N3O/c1-11(2)12-5-7-13(8-6-12)15-9-14(10-17-3)16(20)19(4)18-15/h5-9,11,17H,10H2,1-4H3. The highest BCUT2D eigenvalue weighted by Crippen LogP contribution is 2.21. The SMILES string of the molecule is CNCc1cc(-c2ccc(C(C)C)cc2)nn(C)c1=O. The molecule has 0 aliphatic carbocycles. The number of rotatable bonds is 4. The molecule has 4 heteroatoms. The summed E-state index contributed by atoms with van der Waals surface area (Å²) in [6.45, 7) is 4.89. The van der Waals surface area contributed by atoms with Crippen LogP contribution < -0.4 is 10.9 Å². The molecule has 2 rings (SSSR count). The maximum atomic E-state index is 11.9. The van der Waals surface area contributed by atoms with Crippen LogP contribution in [0.4, 0.5) is 0 Å². The molecule has 0 atom stereocenters. The number of hydrogen-bond donors (Lipinski definition) is 1. The van der Waals surface area contributed by atoms with Crippen molar-refractivity contribution in [1.82, 2.24) is 15.1 Å². The third kappa shape index (κ3) is 2.96. The highest BCUT2D eigenvalue weighted by Gasteiger charge is 2.08. The second kappa shape index (κ2) is 6.01. The first-order chi connectivity index (χ1) is 9.52. The van der Waals surface area contributed by atoms with Crippen LogP contribution in [-0.4, -0.2) is 16.8 Å². The minimum atomic E-state index is -0.0538. The van der Waals surface area contributed by atoms with Gasteiger partial charge < -0.3 is 5.32 Å². The third-order valence-electron chi connectivity index (χ3n) is 3.38. The van der Waals surface area contributed by atoms with Crippen molar-refractivity contribution in [3.05, 3.63) is 51.8 Å². The lowest BCUT2D eigenvalue weighted by Gasteiger charge is -2.09. The monoisotopic (exact) mass is 271 g/mol. The molecule has 0 bridgehead atoms. The van der Waals surface area contributed by atoms with Gasteiger partial charge in [0.15, 0.2) is 0 Å². The zero-order valence-corrected chi connectivity index (χ0v) is 12.5. The Labute approximate surface area is 119 Å². The van der Waals surface area contributed by atoms with Crippen LogP contribution in [-0.2, 0) is 13.6 Å². The van der Waals surface area contributed by atoms with Gasteiger partial charge in [-0.2, -0.15) is 5.10 Å². The van der Waals surface area contributed by atoms with E-state index in [-0.39, 0.29) is 5.56 Å². The van der Waals surface area contributed by atoms with Crippen molar-refractivity contribution >= 4 is 0 Å². The zero-order valence-electron chi connectivity index (χ0n) is 12.5. The van der Waals surface area contributed by atoms with E-state index in [0.717, 1.165) is 16.8 Å². The lowest BCUT2D eigenvalue weighted by Crippen LogP contribution is -2.26. The van der Waals surface area contributed by atoms with Crippen molar-refractivity contribution in [2.45, 2.75) is 26.3 Å². The van der Waals surface area contributed by atoms with Crippen LogP contribution in [0.25, 0.3) is 11.3 Å². The molecule has 0 fully saturated rings. The average Bonchev–Trinajstić information content (AvgIpc) is 2.44. The molecule has 1 aromatic heterocycles. The second-order valence-electron chi connectivity index (χ2n) is 5.29. The Morgan fingerprint density at radius 3 is 2.45 bits per heavy atom. The van der Waals surface area contributed by atoms with Gasteiger partial charge in [0, 0.05) is 24.7 Å². The van der Waals surface area contributed by atoms with Gasteiger partial charge in [0.2, 0.25) is 0 Å². The van der Waals surface area contributed by atoms with Gasteiger partial charge in [-0.1, -0.05) is 38.1 Å². The molecule has 1 aromatic carbocycles. The lowest BCUT2D eigenvalue weighted by molar-refractivity contribution is 0.683. The highest BCUT2D eigenvalue weighted by atomic mass is 16.1. The number of aromatic nitrogens is 2. The van der Waals surface area contributed by atoms with E-state index in [1.54, 1.807) is 7.05 Å². The Balaban J connectivity index is 2.44. The largest absolute Gasteiger partial charge is 0.315 e. The van der Waals surface area contributed by atoms with Crippen LogP contribution >= 0.6 is 0 Å². The molecule has 0 amide bonds. The number of aryl methyl sites for hydroxylation is 1. The smallest absolute Gasteiger partial charge is 0.271 e. The van der Waals surface area contributed by atoms with Crippen molar-refractivity contribution in [3.63, 3.8) is 0 Å². The van der Waals surface area contributed by atoms with Crippen LogP contribution in [0.3, 0.4) is 0 Å². The summed E-state index contributed by atoms with van der Waals surface area (Å²) in [6.07, 6.45) is 0. The highest BCUT2D eigenvalue weighted by molar-refractivity contribution is 5.59. The first kappa shape index (κ1) is 14.5. The summed E-state index contributed by atoms with van der Waals surface area (Å²) in [5.74, 6) is 0.511. The Kier molecular flexibility index (Phi) is 4.35. The minimum Gasteiger partial charge on any atom is -0.315 e. The van der Waals surface area contributed by atoms with E-state index < -0.39 is 0 Å². The molecule has 0 unspecified atom stereocenters. The van der Waals surface area contributed by atoms with E-state index in [0.29, 0.717) is 12.5 Å². The van der Waals surface area contributed by atoms with Gasteiger partial charge in [0.25, 0.3) is 5.56 Å². The molecule has 0 aliphatic rings. The van der Waals surface area contributed by atoms with Gasteiger partial charge in [-0.3, -0.25) is 4.79 Å². The van der Waals surface area contributed by atoms with Gasteiger partial charge in [-0.15, -0.1) is 0 Å². The second-order valence-corrected chi connectivity index (χ2v) is 5.29. The minimum absolute atomic E-state index is 0.0538. The number of nitrogens with zero attached hydrogens (tertiary/aromatic N) is 2. The van der Waals surface area contributed by atoms with Crippen molar-refractivity contribution in [2.24, 2.45) is 7.05 Å². The van der Waals surface area contributed by atoms with Crippen molar-refractivity contribution in [3.8, 4) is 11.3 Å².